The van der Waals surface area contributed by atoms with E-state index < -0.39 is 10.0 Å². The second kappa shape index (κ2) is 6.27. The third kappa shape index (κ3) is 4.38. The van der Waals surface area contributed by atoms with Crippen molar-refractivity contribution in [1.29, 1.82) is 0 Å². The smallest absolute Gasteiger partial charge is 0.211 e. The zero-order valence-electron chi connectivity index (χ0n) is 13.1. The fraction of sp³-hybridized carbons (Fsp3) is 0.714. The second-order valence-corrected chi connectivity index (χ2v) is 7.99. The fourth-order valence-corrected chi connectivity index (χ4v) is 3.41. The van der Waals surface area contributed by atoms with E-state index in [1.165, 1.54) is 10.6 Å². The summed E-state index contributed by atoms with van der Waals surface area (Å²) < 4.78 is 24.8. The Kier molecular flexibility index (Phi) is 4.83. The molecule has 1 atom stereocenters. The number of sulfonamides is 1. The molecule has 1 unspecified atom stereocenters. The molecule has 1 aliphatic rings. The van der Waals surface area contributed by atoms with Crippen molar-refractivity contribution >= 4 is 15.8 Å². The summed E-state index contributed by atoms with van der Waals surface area (Å²) in [6.07, 6.45) is 3.08. The van der Waals surface area contributed by atoms with Gasteiger partial charge in [0.1, 0.15) is 11.6 Å². The van der Waals surface area contributed by atoms with Crippen LogP contribution in [-0.4, -0.2) is 48.1 Å². The largest absolute Gasteiger partial charge is 0.366 e. The van der Waals surface area contributed by atoms with Gasteiger partial charge in [0.15, 0.2) is 0 Å². The van der Waals surface area contributed by atoms with Crippen molar-refractivity contribution < 1.29 is 8.42 Å². The van der Waals surface area contributed by atoms with Crippen LogP contribution >= 0.6 is 0 Å². The van der Waals surface area contributed by atoms with Gasteiger partial charge in [0.2, 0.25) is 10.0 Å². The van der Waals surface area contributed by atoms with Gasteiger partial charge < -0.3 is 5.32 Å². The number of nitrogens with zero attached hydrogens (tertiary/aromatic N) is 3. The average molecular weight is 312 g/mol. The Bertz CT molecular complexity index is 601. The molecule has 1 saturated heterocycles. The van der Waals surface area contributed by atoms with Crippen LogP contribution in [0.5, 0.6) is 0 Å². The molecule has 21 heavy (non-hydrogen) atoms. The lowest BCUT2D eigenvalue weighted by Crippen LogP contribution is -2.44. The summed E-state index contributed by atoms with van der Waals surface area (Å²) in [5, 5.41) is 3.36. The van der Waals surface area contributed by atoms with E-state index in [-0.39, 0.29) is 12.0 Å². The van der Waals surface area contributed by atoms with Gasteiger partial charge in [-0.2, -0.15) is 0 Å². The van der Waals surface area contributed by atoms with E-state index >= 15 is 0 Å². The molecule has 0 aliphatic carbocycles. The molecule has 6 nitrogen and oxygen atoms in total. The van der Waals surface area contributed by atoms with E-state index in [4.69, 9.17) is 0 Å². The molecule has 0 amide bonds. The molecule has 0 radical (unpaired) electrons. The lowest BCUT2D eigenvalue weighted by atomic mass is 10.1. The molecule has 0 spiro atoms. The Morgan fingerprint density at radius 1 is 1.38 bits per heavy atom. The van der Waals surface area contributed by atoms with E-state index in [1.54, 1.807) is 0 Å². The minimum atomic E-state index is -3.12. The molecule has 1 aromatic heterocycles. The third-order valence-corrected chi connectivity index (χ3v) is 4.86. The molecule has 0 bridgehead atoms. The molecule has 1 fully saturated rings. The van der Waals surface area contributed by atoms with E-state index in [1.807, 2.05) is 13.0 Å². The highest BCUT2D eigenvalue weighted by atomic mass is 32.2. The van der Waals surface area contributed by atoms with Crippen molar-refractivity contribution in [3.63, 3.8) is 0 Å². The van der Waals surface area contributed by atoms with Crippen molar-refractivity contribution in [2.45, 2.75) is 45.6 Å². The van der Waals surface area contributed by atoms with Crippen molar-refractivity contribution in [2.24, 2.45) is 0 Å². The molecule has 7 heteroatoms. The van der Waals surface area contributed by atoms with Crippen molar-refractivity contribution in [3.8, 4) is 0 Å². The number of hydrogen-bond acceptors (Lipinski definition) is 5. The Labute approximate surface area is 127 Å². The lowest BCUT2D eigenvalue weighted by molar-refractivity contribution is 0.329. The van der Waals surface area contributed by atoms with E-state index in [9.17, 15) is 8.42 Å². The van der Waals surface area contributed by atoms with Gasteiger partial charge >= 0.3 is 0 Å². The third-order valence-electron chi connectivity index (χ3n) is 3.59. The first-order valence-corrected chi connectivity index (χ1v) is 9.18. The predicted octanol–water partition coefficient (Wildman–Crippen LogP) is 1.74. The Balaban J connectivity index is 2.11. The van der Waals surface area contributed by atoms with Gasteiger partial charge in [-0.15, -0.1) is 0 Å². The highest BCUT2D eigenvalue weighted by Gasteiger charge is 2.26. The summed E-state index contributed by atoms with van der Waals surface area (Å²) >= 11 is 0. The maximum atomic E-state index is 11.7. The van der Waals surface area contributed by atoms with Gasteiger partial charge in [-0.05, 0) is 19.8 Å². The van der Waals surface area contributed by atoms with Gasteiger partial charge in [0.05, 0.1) is 6.26 Å². The van der Waals surface area contributed by atoms with Gasteiger partial charge in [-0.3, -0.25) is 0 Å². The number of aryl methyl sites for hydroxylation is 1. The Hall–Kier alpha value is -1.21. The fourth-order valence-electron chi connectivity index (χ4n) is 2.49. The summed E-state index contributed by atoms with van der Waals surface area (Å²) in [5.41, 5.74) is 0.923. The molecule has 1 N–H and O–H groups in total. The number of anilines is 1. The van der Waals surface area contributed by atoms with Crippen LogP contribution in [0, 0.1) is 6.92 Å². The number of nitrogens with one attached hydrogen (secondary N) is 1. The first-order valence-electron chi connectivity index (χ1n) is 7.33. The van der Waals surface area contributed by atoms with Crippen LogP contribution in [0.4, 0.5) is 5.82 Å². The van der Waals surface area contributed by atoms with Crippen LogP contribution < -0.4 is 5.32 Å². The highest BCUT2D eigenvalue weighted by molar-refractivity contribution is 7.88. The molecule has 1 aliphatic heterocycles. The van der Waals surface area contributed by atoms with Gasteiger partial charge in [-0.25, -0.2) is 22.7 Å². The molecular weight excluding hydrogens is 288 g/mol. The summed E-state index contributed by atoms with van der Waals surface area (Å²) in [7, 11) is -3.12. The summed E-state index contributed by atoms with van der Waals surface area (Å²) in [4.78, 5) is 8.95. The van der Waals surface area contributed by atoms with E-state index in [0.717, 1.165) is 30.2 Å². The average Bonchev–Trinajstić information content (AvgIpc) is 2.37. The normalized spacial score (nSPS) is 20.7. The second-order valence-electron chi connectivity index (χ2n) is 6.01. The van der Waals surface area contributed by atoms with Gasteiger partial charge in [0.25, 0.3) is 0 Å². The molecule has 2 heterocycles. The molecule has 2 rings (SSSR count). The highest BCUT2D eigenvalue weighted by Crippen LogP contribution is 2.19. The van der Waals surface area contributed by atoms with Crippen LogP contribution in [0.2, 0.25) is 0 Å². The van der Waals surface area contributed by atoms with Gasteiger partial charge in [-0.1, -0.05) is 13.8 Å². The van der Waals surface area contributed by atoms with Crippen molar-refractivity contribution in [1.82, 2.24) is 14.3 Å². The number of piperidine rings is 1. The standard InChI is InChI=1S/C14H24N4O2S/c1-10(2)14-15-11(3)8-13(17-14)16-12-6-5-7-18(9-12)21(4,19)20/h8,10,12H,5-7,9H2,1-4H3,(H,15,16,17). The first-order chi connectivity index (χ1) is 9.75. The monoisotopic (exact) mass is 312 g/mol. The summed E-state index contributed by atoms with van der Waals surface area (Å²) in [6, 6.07) is 2.01. The molecule has 0 saturated carbocycles. The molecule has 1 aromatic rings. The number of aromatic nitrogens is 2. The summed E-state index contributed by atoms with van der Waals surface area (Å²) in [6.45, 7) is 7.17. The van der Waals surface area contributed by atoms with E-state index in [2.05, 4.69) is 29.1 Å². The number of hydrogen-bond donors (Lipinski definition) is 1. The maximum absolute atomic E-state index is 11.7. The molecule has 0 aromatic carbocycles. The van der Waals surface area contributed by atoms with Crippen molar-refractivity contribution in [3.05, 3.63) is 17.6 Å². The van der Waals surface area contributed by atoms with Crippen LogP contribution in [0.3, 0.4) is 0 Å². The van der Waals surface area contributed by atoms with Crippen molar-refractivity contribution in [2.75, 3.05) is 24.7 Å². The maximum Gasteiger partial charge on any atom is 0.211 e. The molecule has 118 valence electrons. The van der Waals surface area contributed by atoms with Crippen LogP contribution in [0.15, 0.2) is 6.07 Å². The predicted molar refractivity (Wildman–Crippen MR) is 83.9 cm³/mol. The number of rotatable bonds is 4. The minimum absolute atomic E-state index is 0.0998. The van der Waals surface area contributed by atoms with Gasteiger partial charge in [0, 0.05) is 36.8 Å². The van der Waals surface area contributed by atoms with Crippen LogP contribution in [0.25, 0.3) is 0 Å². The van der Waals surface area contributed by atoms with E-state index in [0.29, 0.717) is 13.1 Å². The quantitative estimate of drug-likeness (QED) is 0.916. The Morgan fingerprint density at radius 3 is 2.71 bits per heavy atom. The zero-order chi connectivity index (χ0) is 15.6. The van der Waals surface area contributed by atoms with Crippen LogP contribution in [0.1, 0.15) is 44.1 Å². The SMILES string of the molecule is Cc1cc(NC2CCCN(S(C)(=O)=O)C2)nc(C(C)C)n1. The van der Waals surface area contributed by atoms with Crippen LogP contribution in [-0.2, 0) is 10.0 Å². The Morgan fingerprint density at radius 2 is 2.10 bits per heavy atom. The minimum Gasteiger partial charge on any atom is -0.366 e. The zero-order valence-corrected chi connectivity index (χ0v) is 13.9. The topological polar surface area (TPSA) is 75.2 Å². The molecular formula is C14H24N4O2S. The summed E-state index contributed by atoms with van der Waals surface area (Å²) in [5.74, 6) is 1.86. The first kappa shape index (κ1) is 16.2. The lowest BCUT2D eigenvalue weighted by Gasteiger charge is -2.31.